The van der Waals surface area contributed by atoms with Crippen molar-refractivity contribution in [3.05, 3.63) is 12.7 Å². The summed E-state index contributed by atoms with van der Waals surface area (Å²) in [6.07, 6.45) is 10.1. The molecule has 0 saturated carbocycles. The van der Waals surface area contributed by atoms with Gasteiger partial charge in [-0.1, -0.05) is 58.4 Å². The molecule has 0 atom stereocenters. The Bertz CT molecular complexity index is 68.5. The number of hydrogen-bond donors (Lipinski definition) is 1. The predicted molar refractivity (Wildman–Crippen MR) is 65.5 cm³/mol. The number of hydrogen-bond acceptors (Lipinski definition) is 1. The number of nitrogens with two attached hydrogens (primary N) is 1. The summed E-state index contributed by atoms with van der Waals surface area (Å²) in [5.74, 6) is 0. The maximum atomic E-state index is 4.91. The van der Waals surface area contributed by atoms with Crippen LogP contribution in [0, 0.1) is 0 Å². The van der Waals surface area contributed by atoms with Crippen LogP contribution >= 0.6 is 12.4 Å². The molecule has 0 aliphatic rings. The summed E-state index contributed by atoms with van der Waals surface area (Å²) in [6, 6.07) is 0. The molecule has 2 heteroatoms. The van der Waals surface area contributed by atoms with Crippen molar-refractivity contribution in [2.24, 2.45) is 5.73 Å². The van der Waals surface area contributed by atoms with Gasteiger partial charge in [-0.15, -0.1) is 19.0 Å². The van der Waals surface area contributed by atoms with Gasteiger partial charge < -0.3 is 5.73 Å². The van der Waals surface area contributed by atoms with Gasteiger partial charge in [-0.3, -0.25) is 0 Å². The minimum Gasteiger partial charge on any atom is -0.327 e. The Morgan fingerprint density at radius 2 is 1.31 bits per heavy atom. The summed E-state index contributed by atoms with van der Waals surface area (Å²) in [5, 5.41) is 0. The van der Waals surface area contributed by atoms with Crippen molar-refractivity contribution in [3.63, 3.8) is 0 Å². The van der Waals surface area contributed by atoms with E-state index in [1.807, 2.05) is 0 Å². The molecule has 0 aromatic carbocycles. The van der Waals surface area contributed by atoms with E-state index in [2.05, 4.69) is 20.4 Å². The molecule has 0 spiro atoms. The Morgan fingerprint density at radius 3 is 1.46 bits per heavy atom. The molecule has 0 fully saturated rings. The predicted octanol–water partition coefficient (Wildman–Crippen LogP) is 3.92. The van der Waals surface area contributed by atoms with Crippen molar-refractivity contribution in [1.29, 1.82) is 0 Å². The molecule has 0 aliphatic carbocycles. The molecule has 0 aromatic heterocycles. The average molecular weight is 208 g/mol. The monoisotopic (exact) mass is 207 g/mol. The highest BCUT2D eigenvalue weighted by atomic mass is 35.5. The molecule has 0 radical (unpaired) electrons. The first-order valence-electron chi connectivity index (χ1n) is 5.14. The van der Waals surface area contributed by atoms with E-state index >= 15 is 0 Å². The second-order valence-corrected chi connectivity index (χ2v) is 2.94. The van der Waals surface area contributed by atoms with Crippen molar-refractivity contribution in [1.82, 2.24) is 0 Å². The second kappa shape index (κ2) is 22.7. The lowest BCUT2D eigenvalue weighted by Gasteiger charge is -1.93. The maximum absolute atomic E-state index is 4.91. The van der Waals surface area contributed by atoms with Crippen molar-refractivity contribution in [2.75, 3.05) is 6.54 Å². The van der Waals surface area contributed by atoms with E-state index in [0.29, 0.717) is 6.54 Å². The third-order valence-electron chi connectivity index (χ3n) is 1.62. The van der Waals surface area contributed by atoms with Crippen LogP contribution in [-0.4, -0.2) is 6.54 Å². The lowest BCUT2D eigenvalue weighted by atomic mass is 10.1. The topological polar surface area (TPSA) is 26.0 Å². The van der Waals surface area contributed by atoms with Gasteiger partial charge in [0, 0.05) is 6.54 Å². The largest absolute Gasteiger partial charge is 0.327 e. The van der Waals surface area contributed by atoms with Gasteiger partial charge in [-0.05, 0) is 0 Å². The Hall–Kier alpha value is -0.0100. The minimum absolute atomic E-state index is 0. The molecule has 0 rings (SSSR count). The van der Waals surface area contributed by atoms with E-state index < -0.39 is 0 Å². The highest BCUT2D eigenvalue weighted by Gasteiger charge is 1.83. The average Bonchev–Trinajstić information content (AvgIpc) is 2.13. The summed E-state index contributed by atoms with van der Waals surface area (Å²) in [4.78, 5) is 0. The maximum Gasteiger partial charge on any atom is 0.0104 e. The zero-order chi connectivity index (χ0) is 9.66. The summed E-state index contributed by atoms with van der Waals surface area (Å²) in [7, 11) is 0. The van der Waals surface area contributed by atoms with Gasteiger partial charge in [0.2, 0.25) is 0 Å². The van der Waals surface area contributed by atoms with Gasteiger partial charge in [-0.25, -0.2) is 0 Å². The minimum atomic E-state index is 0. The van der Waals surface area contributed by atoms with E-state index in [0.717, 1.165) is 0 Å². The van der Waals surface area contributed by atoms with Crippen molar-refractivity contribution >= 4 is 12.4 Å². The zero-order valence-electron chi connectivity index (χ0n) is 9.22. The zero-order valence-corrected chi connectivity index (χ0v) is 10.0. The van der Waals surface area contributed by atoms with Crippen LogP contribution < -0.4 is 5.73 Å². The molecule has 0 heterocycles. The number of unbranched alkanes of at least 4 members (excludes halogenated alkanes) is 5. The van der Waals surface area contributed by atoms with Gasteiger partial charge >= 0.3 is 0 Å². The molecular formula is C11H26ClN. The normalized spacial score (nSPS) is 7.92. The number of halogens is 1. The molecule has 0 unspecified atom stereocenters. The van der Waals surface area contributed by atoms with E-state index in [1.54, 1.807) is 6.08 Å². The van der Waals surface area contributed by atoms with Gasteiger partial charge in [0.05, 0.1) is 0 Å². The second-order valence-electron chi connectivity index (χ2n) is 2.94. The first-order valence-corrected chi connectivity index (χ1v) is 5.14. The molecule has 13 heavy (non-hydrogen) atoms. The Labute approximate surface area is 90.2 Å². The summed E-state index contributed by atoms with van der Waals surface area (Å²) in [6.45, 7) is 8.45. The fourth-order valence-electron chi connectivity index (χ4n) is 0.854. The van der Waals surface area contributed by atoms with E-state index in [9.17, 15) is 0 Å². The van der Waals surface area contributed by atoms with Gasteiger partial charge in [0.25, 0.3) is 0 Å². The quantitative estimate of drug-likeness (QED) is 0.519. The van der Waals surface area contributed by atoms with Crippen LogP contribution in [0.4, 0.5) is 0 Å². The highest BCUT2D eigenvalue weighted by Crippen LogP contribution is 2.03. The molecule has 0 aromatic rings. The van der Waals surface area contributed by atoms with Crippen LogP contribution in [0.15, 0.2) is 12.7 Å². The molecule has 0 aliphatic heterocycles. The Morgan fingerprint density at radius 1 is 1.00 bits per heavy atom. The molecule has 82 valence electrons. The smallest absolute Gasteiger partial charge is 0.0104 e. The van der Waals surface area contributed by atoms with Gasteiger partial charge in [0.15, 0.2) is 0 Å². The Balaban J connectivity index is -0.000000173. The van der Waals surface area contributed by atoms with Crippen LogP contribution in [0.25, 0.3) is 0 Å². The Kier molecular flexibility index (Phi) is 32.7. The van der Waals surface area contributed by atoms with Gasteiger partial charge in [0.1, 0.15) is 0 Å². The summed E-state index contributed by atoms with van der Waals surface area (Å²) < 4.78 is 0. The van der Waals surface area contributed by atoms with Crippen molar-refractivity contribution in [3.8, 4) is 0 Å². The van der Waals surface area contributed by atoms with Crippen molar-refractivity contribution in [2.45, 2.75) is 52.4 Å². The van der Waals surface area contributed by atoms with Gasteiger partial charge in [-0.2, -0.15) is 0 Å². The molecule has 0 amide bonds. The first kappa shape index (κ1) is 18.7. The standard InChI is InChI=1S/C8H18.C3H7N.ClH/c1-3-5-7-8-6-4-2;1-2-3-4;/h3-8H2,1-2H3;2H,1,3-4H2;1H. The summed E-state index contributed by atoms with van der Waals surface area (Å²) in [5.41, 5.74) is 4.91. The van der Waals surface area contributed by atoms with Crippen LogP contribution in [0.1, 0.15) is 52.4 Å². The molecule has 0 bridgehead atoms. The molecule has 2 N–H and O–H groups in total. The van der Waals surface area contributed by atoms with E-state index in [-0.39, 0.29) is 12.4 Å². The number of rotatable bonds is 6. The fraction of sp³-hybridized carbons (Fsp3) is 0.818. The highest BCUT2D eigenvalue weighted by molar-refractivity contribution is 5.85. The van der Waals surface area contributed by atoms with Crippen LogP contribution in [-0.2, 0) is 0 Å². The van der Waals surface area contributed by atoms with E-state index in [1.165, 1.54) is 38.5 Å². The van der Waals surface area contributed by atoms with E-state index in [4.69, 9.17) is 5.73 Å². The lowest BCUT2D eigenvalue weighted by Crippen LogP contribution is -1.90. The lowest BCUT2D eigenvalue weighted by molar-refractivity contribution is 0.624. The third-order valence-corrected chi connectivity index (χ3v) is 1.62. The fourth-order valence-corrected chi connectivity index (χ4v) is 0.854. The van der Waals surface area contributed by atoms with Crippen LogP contribution in [0.5, 0.6) is 0 Å². The first-order chi connectivity index (χ1) is 5.83. The summed E-state index contributed by atoms with van der Waals surface area (Å²) >= 11 is 0. The third kappa shape index (κ3) is 33.4. The van der Waals surface area contributed by atoms with Crippen molar-refractivity contribution < 1.29 is 0 Å². The molecule has 1 nitrogen and oxygen atoms in total. The van der Waals surface area contributed by atoms with Crippen LogP contribution in [0.3, 0.4) is 0 Å². The molecule has 0 saturated heterocycles. The SMILES string of the molecule is C=CCN.CCCCCCCC.Cl. The van der Waals surface area contributed by atoms with Crippen LogP contribution in [0.2, 0.25) is 0 Å². The molecular weight excluding hydrogens is 182 g/mol.